The molecule has 0 amide bonds. The third-order valence-corrected chi connectivity index (χ3v) is 8.06. The maximum atomic E-state index is 10.8. The van der Waals surface area contributed by atoms with E-state index in [-0.39, 0.29) is 46.0 Å². The maximum absolute atomic E-state index is 10.8. The van der Waals surface area contributed by atoms with Crippen LogP contribution in [0.3, 0.4) is 0 Å². The molecule has 0 aromatic heterocycles. The van der Waals surface area contributed by atoms with E-state index < -0.39 is 0 Å². The van der Waals surface area contributed by atoms with Crippen LogP contribution in [0.2, 0.25) is 0 Å². The molecular formula is C40H47CrN2O4-. The van der Waals surface area contributed by atoms with Gasteiger partial charge in [0, 0.05) is 40.9 Å². The summed E-state index contributed by atoms with van der Waals surface area (Å²) in [5, 5.41) is 32.3. The topological polar surface area (TPSA) is 97.5 Å². The van der Waals surface area contributed by atoms with Gasteiger partial charge in [-0.2, -0.15) is 0 Å². The van der Waals surface area contributed by atoms with Gasteiger partial charge in [0.25, 0.3) is 0 Å². The van der Waals surface area contributed by atoms with Crippen LogP contribution in [0.25, 0.3) is 0 Å². The van der Waals surface area contributed by atoms with Crippen LogP contribution < -0.4 is 9.84 Å². The summed E-state index contributed by atoms with van der Waals surface area (Å²) in [5.74, 6) is 2.06. The number of phenolic OH excluding ortho intramolecular Hbond substituents is 2. The summed E-state index contributed by atoms with van der Waals surface area (Å²) in [5.41, 5.74) is 3.09. The Bertz CT molecular complexity index is 1540. The number of rotatable bonds is 6. The van der Waals surface area contributed by atoms with Crippen molar-refractivity contribution in [2.45, 2.75) is 90.1 Å². The first-order valence-electron chi connectivity index (χ1n) is 16.0. The second-order valence-corrected chi connectivity index (χ2v) is 13.8. The second-order valence-electron chi connectivity index (χ2n) is 13.8. The van der Waals surface area contributed by atoms with Gasteiger partial charge in [-0.15, -0.1) is 5.75 Å². The van der Waals surface area contributed by atoms with E-state index in [1.807, 2.05) is 66.7 Å². The number of aliphatic imine (C=N–C) groups is 2. The van der Waals surface area contributed by atoms with Gasteiger partial charge in [0.2, 0.25) is 0 Å². The van der Waals surface area contributed by atoms with Crippen molar-refractivity contribution in [2.75, 3.05) is 0 Å². The molecule has 4 aromatic rings. The Hall–Kier alpha value is -4.05. The van der Waals surface area contributed by atoms with Crippen molar-refractivity contribution in [2.24, 2.45) is 9.98 Å². The largest absolute Gasteiger partial charge is 0.872 e. The average Bonchev–Trinajstić information content (AvgIpc) is 3.01. The Morgan fingerprint density at radius 1 is 0.617 bits per heavy atom. The monoisotopic (exact) mass is 671 g/mol. The normalized spacial score (nSPS) is 16.7. The summed E-state index contributed by atoms with van der Waals surface area (Å²) < 4.78 is 5.49. The first-order valence-corrected chi connectivity index (χ1v) is 16.0. The number of benzene rings is 4. The number of ether oxygens (including phenoxy) is 1. The van der Waals surface area contributed by atoms with Crippen molar-refractivity contribution in [1.82, 2.24) is 0 Å². The summed E-state index contributed by atoms with van der Waals surface area (Å²) in [6, 6.07) is 27.6. The van der Waals surface area contributed by atoms with Crippen molar-refractivity contribution >= 4 is 12.4 Å². The number of nitrogens with zero attached hydrogens (tertiary/aromatic N) is 2. The van der Waals surface area contributed by atoms with Crippen LogP contribution >= 0.6 is 0 Å². The molecule has 0 unspecified atom stereocenters. The van der Waals surface area contributed by atoms with E-state index in [0.29, 0.717) is 17.2 Å². The van der Waals surface area contributed by atoms with Crippen molar-refractivity contribution in [3.63, 3.8) is 0 Å². The summed E-state index contributed by atoms with van der Waals surface area (Å²) in [4.78, 5) is 9.70. The van der Waals surface area contributed by atoms with Gasteiger partial charge < -0.3 is 20.1 Å². The molecule has 0 spiro atoms. The summed E-state index contributed by atoms with van der Waals surface area (Å²) in [6.45, 7) is 12.6. The minimum absolute atomic E-state index is 0. The van der Waals surface area contributed by atoms with Crippen molar-refractivity contribution in [3.8, 4) is 28.7 Å². The van der Waals surface area contributed by atoms with Gasteiger partial charge in [0.05, 0.1) is 12.1 Å². The van der Waals surface area contributed by atoms with E-state index in [9.17, 15) is 15.3 Å². The van der Waals surface area contributed by atoms with Gasteiger partial charge in [0.1, 0.15) is 23.0 Å². The van der Waals surface area contributed by atoms with Crippen LogP contribution in [0.15, 0.2) is 101 Å². The molecule has 4 aromatic carbocycles. The molecule has 5 rings (SSSR count). The average molecular weight is 672 g/mol. The SMILES string of the molecule is CC(C)(C)c1cccc(C=N[C@@H]2CCCC[C@H]2N=Cc2cccc(C(C)(C)C)c2O)c1O.[Cr].[O-]c1ccc(Oc2ccccc2)cc1. The van der Waals surface area contributed by atoms with E-state index in [0.717, 1.165) is 53.7 Å². The Balaban J connectivity index is 0.000000333. The molecule has 0 aliphatic heterocycles. The third kappa shape index (κ3) is 10.7. The zero-order valence-corrected chi connectivity index (χ0v) is 29.6. The summed E-state index contributed by atoms with van der Waals surface area (Å²) in [6.07, 6.45) is 7.83. The van der Waals surface area contributed by atoms with Crippen LogP contribution in [0.5, 0.6) is 28.7 Å². The molecule has 7 heteroatoms. The maximum Gasteiger partial charge on any atom is 0.128 e. The Labute approximate surface area is 291 Å². The van der Waals surface area contributed by atoms with E-state index in [1.165, 1.54) is 12.1 Å². The predicted octanol–water partition coefficient (Wildman–Crippen LogP) is 9.09. The van der Waals surface area contributed by atoms with Crippen molar-refractivity contribution < 1.29 is 37.4 Å². The molecule has 0 radical (unpaired) electrons. The van der Waals surface area contributed by atoms with E-state index in [1.54, 1.807) is 24.6 Å². The van der Waals surface area contributed by atoms with Gasteiger partial charge >= 0.3 is 0 Å². The molecular weight excluding hydrogens is 624 g/mol. The zero-order chi connectivity index (χ0) is 33.3. The predicted molar refractivity (Wildman–Crippen MR) is 187 cm³/mol. The fourth-order valence-electron chi connectivity index (χ4n) is 5.47. The van der Waals surface area contributed by atoms with Crippen LogP contribution in [-0.2, 0) is 28.2 Å². The van der Waals surface area contributed by atoms with E-state index in [2.05, 4.69) is 41.5 Å². The Morgan fingerprint density at radius 2 is 1.04 bits per heavy atom. The first-order chi connectivity index (χ1) is 21.8. The second kappa shape index (κ2) is 16.7. The van der Waals surface area contributed by atoms with Gasteiger partial charge in [0.15, 0.2) is 0 Å². The van der Waals surface area contributed by atoms with Gasteiger partial charge in [-0.3, -0.25) is 9.98 Å². The molecule has 1 fully saturated rings. The van der Waals surface area contributed by atoms with Crippen LogP contribution in [0.1, 0.15) is 89.5 Å². The Kier molecular flexibility index (Phi) is 13.3. The van der Waals surface area contributed by atoms with Crippen LogP contribution in [-0.4, -0.2) is 34.7 Å². The summed E-state index contributed by atoms with van der Waals surface area (Å²) in [7, 11) is 0. The van der Waals surface area contributed by atoms with Gasteiger partial charge in [-0.05, 0) is 71.2 Å². The molecule has 1 aliphatic rings. The summed E-state index contributed by atoms with van der Waals surface area (Å²) >= 11 is 0. The molecule has 2 atom stereocenters. The first kappa shape index (κ1) is 37.4. The van der Waals surface area contributed by atoms with E-state index >= 15 is 0 Å². The fourth-order valence-corrected chi connectivity index (χ4v) is 5.47. The van der Waals surface area contributed by atoms with Gasteiger partial charge in [-0.25, -0.2) is 0 Å². The Morgan fingerprint density at radius 3 is 1.47 bits per heavy atom. The quantitative estimate of drug-likeness (QED) is 0.200. The standard InChI is InChI=1S/C28H38N2O2.C12H10O2.Cr/c1-27(2,3)21-13-9-11-19(25(21)31)17-29-23-15-7-8-16-24(23)30-18-20-12-10-14-22(26(20)32)28(4,5)6;13-10-6-8-12(9-7-10)14-11-4-2-1-3-5-11;/h9-14,17-18,23-24,31-32H,7-8,15-16H2,1-6H3;1-9,13H;/p-1/t23-,24-;;/m1../s1. The minimum Gasteiger partial charge on any atom is -0.872 e. The van der Waals surface area contributed by atoms with Crippen LogP contribution in [0.4, 0.5) is 0 Å². The molecule has 248 valence electrons. The molecule has 47 heavy (non-hydrogen) atoms. The molecule has 1 saturated carbocycles. The zero-order valence-electron chi connectivity index (χ0n) is 28.3. The fraction of sp³-hybridized carbons (Fsp3) is 0.350. The van der Waals surface area contributed by atoms with E-state index in [4.69, 9.17) is 14.7 Å². The van der Waals surface area contributed by atoms with Crippen LogP contribution in [0, 0.1) is 0 Å². The number of aromatic hydroxyl groups is 2. The number of para-hydroxylation sites is 3. The molecule has 0 bridgehead atoms. The van der Waals surface area contributed by atoms with Gasteiger partial charge in [-0.1, -0.05) is 109 Å². The van der Waals surface area contributed by atoms with Crippen molar-refractivity contribution in [1.29, 1.82) is 0 Å². The molecule has 0 heterocycles. The molecule has 0 saturated heterocycles. The number of phenols is 2. The molecule has 6 nitrogen and oxygen atoms in total. The molecule has 1 aliphatic carbocycles. The van der Waals surface area contributed by atoms with Crippen molar-refractivity contribution in [3.05, 3.63) is 113 Å². The number of hydrogen-bond acceptors (Lipinski definition) is 6. The smallest absolute Gasteiger partial charge is 0.128 e. The third-order valence-electron chi connectivity index (χ3n) is 8.06. The molecule has 2 N–H and O–H groups in total. The number of hydrogen-bond donors (Lipinski definition) is 2. The minimum atomic E-state index is -0.130.